The van der Waals surface area contributed by atoms with E-state index in [9.17, 15) is 8.42 Å². The third-order valence-corrected chi connectivity index (χ3v) is 4.21. The molecule has 0 saturated carbocycles. The zero-order chi connectivity index (χ0) is 16.0. The maximum absolute atomic E-state index is 11.4. The lowest BCUT2D eigenvalue weighted by Crippen LogP contribution is -2.20. The molecule has 21 heavy (non-hydrogen) atoms. The van der Waals surface area contributed by atoms with Crippen molar-refractivity contribution in [1.82, 2.24) is 5.32 Å². The highest BCUT2D eigenvalue weighted by molar-refractivity contribution is 7.90. The molecule has 1 unspecified atom stereocenters. The Morgan fingerprint density at radius 2 is 1.57 bits per heavy atom. The summed E-state index contributed by atoms with van der Waals surface area (Å²) in [7, 11) is 3.43. The Balaban J connectivity index is 3.18. The first-order valence-electron chi connectivity index (χ1n) is 6.51. The monoisotopic (exact) mass is 317 g/mol. The zero-order valence-electron chi connectivity index (χ0n) is 13.1. The van der Waals surface area contributed by atoms with Crippen LogP contribution in [0.1, 0.15) is 18.0 Å². The van der Waals surface area contributed by atoms with Crippen LogP contribution in [0, 0.1) is 0 Å². The van der Waals surface area contributed by atoms with Crippen molar-refractivity contribution in [3.63, 3.8) is 0 Å². The van der Waals surface area contributed by atoms with Crippen molar-refractivity contribution in [1.29, 1.82) is 0 Å². The minimum Gasteiger partial charge on any atom is -0.496 e. The number of rotatable bonds is 8. The van der Waals surface area contributed by atoms with E-state index in [1.54, 1.807) is 40.5 Å². The normalized spacial score (nSPS) is 12.8. The van der Waals surface area contributed by atoms with Crippen molar-refractivity contribution in [3.8, 4) is 17.2 Å². The van der Waals surface area contributed by atoms with Gasteiger partial charge in [0, 0.05) is 23.9 Å². The molecule has 0 aliphatic heterocycles. The number of sulfone groups is 1. The SMILES string of the molecule is CNC(CCS(C)(=O)=O)c1cc(OC)c(OC)cc1OC. The summed E-state index contributed by atoms with van der Waals surface area (Å²) in [6.45, 7) is 0. The Bertz CT molecular complexity index is 571. The van der Waals surface area contributed by atoms with Gasteiger partial charge in [0.05, 0.1) is 27.1 Å². The summed E-state index contributed by atoms with van der Waals surface area (Å²) in [5.74, 6) is 1.86. The molecule has 0 fully saturated rings. The molecule has 0 aliphatic carbocycles. The molecule has 0 bridgehead atoms. The lowest BCUT2D eigenvalue weighted by molar-refractivity contribution is 0.345. The molecule has 0 aromatic heterocycles. The summed E-state index contributed by atoms with van der Waals surface area (Å²) in [6, 6.07) is 3.38. The van der Waals surface area contributed by atoms with E-state index in [2.05, 4.69) is 5.32 Å². The summed E-state index contributed by atoms with van der Waals surface area (Å²) < 4.78 is 38.6. The van der Waals surface area contributed by atoms with Gasteiger partial charge in [-0.2, -0.15) is 0 Å². The van der Waals surface area contributed by atoms with Gasteiger partial charge in [-0.1, -0.05) is 0 Å². The molecule has 1 aromatic carbocycles. The van der Waals surface area contributed by atoms with Crippen LogP contribution in [0.25, 0.3) is 0 Å². The fourth-order valence-electron chi connectivity index (χ4n) is 2.11. The van der Waals surface area contributed by atoms with Crippen LogP contribution in [-0.2, 0) is 9.84 Å². The van der Waals surface area contributed by atoms with Gasteiger partial charge < -0.3 is 19.5 Å². The average molecular weight is 317 g/mol. The molecule has 1 rings (SSSR count). The molecule has 0 aliphatic rings. The summed E-state index contributed by atoms with van der Waals surface area (Å²) in [5.41, 5.74) is 0.835. The van der Waals surface area contributed by atoms with Crippen LogP contribution in [0.3, 0.4) is 0 Å². The highest BCUT2D eigenvalue weighted by atomic mass is 32.2. The van der Waals surface area contributed by atoms with Crippen LogP contribution in [-0.4, -0.2) is 48.8 Å². The minimum absolute atomic E-state index is 0.0933. The number of benzene rings is 1. The minimum atomic E-state index is -3.02. The van der Waals surface area contributed by atoms with Gasteiger partial charge in [0.1, 0.15) is 15.6 Å². The largest absolute Gasteiger partial charge is 0.496 e. The molecule has 1 atom stereocenters. The fourth-order valence-corrected chi connectivity index (χ4v) is 2.78. The summed E-state index contributed by atoms with van der Waals surface area (Å²) >= 11 is 0. The molecule has 0 heterocycles. The Labute approximate surface area is 126 Å². The van der Waals surface area contributed by atoms with Crippen molar-refractivity contribution in [2.75, 3.05) is 40.4 Å². The van der Waals surface area contributed by atoms with Crippen LogP contribution in [0.5, 0.6) is 17.2 Å². The molecule has 1 N–H and O–H groups in total. The van der Waals surface area contributed by atoms with Gasteiger partial charge in [-0.05, 0) is 19.5 Å². The van der Waals surface area contributed by atoms with Gasteiger partial charge in [0.25, 0.3) is 0 Å². The van der Waals surface area contributed by atoms with Crippen LogP contribution in [0.15, 0.2) is 12.1 Å². The first-order chi connectivity index (χ1) is 9.86. The highest BCUT2D eigenvalue weighted by Crippen LogP contribution is 2.38. The van der Waals surface area contributed by atoms with Crippen LogP contribution in [0.4, 0.5) is 0 Å². The fraction of sp³-hybridized carbons (Fsp3) is 0.571. The van der Waals surface area contributed by atoms with E-state index in [0.717, 1.165) is 5.56 Å². The maximum Gasteiger partial charge on any atom is 0.164 e. The molecular weight excluding hydrogens is 294 g/mol. The number of hydrogen-bond donors (Lipinski definition) is 1. The molecular formula is C14H23NO5S. The second kappa shape index (κ2) is 7.51. The van der Waals surface area contributed by atoms with Crippen molar-refractivity contribution >= 4 is 9.84 Å². The smallest absolute Gasteiger partial charge is 0.164 e. The van der Waals surface area contributed by atoms with E-state index < -0.39 is 9.84 Å². The number of methoxy groups -OCH3 is 3. The van der Waals surface area contributed by atoms with Crippen LogP contribution < -0.4 is 19.5 Å². The number of ether oxygens (including phenoxy) is 3. The van der Waals surface area contributed by atoms with Gasteiger partial charge in [-0.3, -0.25) is 0 Å². The Morgan fingerprint density at radius 3 is 2.00 bits per heavy atom. The van der Waals surface area contributed by atoms with Crippen molar-refractivity contribution in [2.24, 2.45) is 0 Å². The highest BCUT2D eigenvalue weighted by Gasteiger charge is 2.20. The summed E-state index contributed by atoms with van der Waals surface area (Å²) in [5, 5.41) is 3.11. The third-order valence-electron chi connectivity index (χ3n) is 3.24. The molecule has 1 aromatic rings. The third kappa shape index (κ3) is 4.78. The first-order valence-corrected chi connectivity index (χ1v) is 8.57. The number of hydrogen-bond acceptors (Lipinski definition) is 6. The van der Waals surface area contributed by atoms with Crippen molar-refractivity contribution < 1.29 is 22.6 Å². The van der Waals surface area contributed by atoms with Gasteiger partial charge in [-0.15, -0.1) is 0 Å². The summed E-state index contributed by atoms with van der Waals surface area (Å²) in [4.78, 5) is 0. The predicted octanol–water partition coefficient (Wildman–Crippen LogP) is 1.41. The van der Waals surface area contributed by atoms with Crippen molar-refractivity contribution in [2.45, 2.75) is 12.5 Å². The van der Waals surface area contributed by atoms with E-state index in [1.165, 1.54) is 6.26 Å². The maximum atomic E-state index is 11.4. The summed E-state index contributed by atoms with van der Waals surface area (Å²) in [6.07, 6.45) is 1.67. The lowest BCUT2D eigenvalue weighted by Gasteiger charge is -2.21. The van der Waals surface area contributed by atoms with Crippen molar-refractivity contribution in [3.05, 3.63) is 17.7 Å². The molecule has 0 amide bonds. The van der Waals surface area contributed by atoms with E-state index in [-0.39, 0.29) is 11.8 Å². The molecule has 7 heteroatoms. The molecule has 120 valence electrons. The zero-order valence-corrected chi connectivity index (χ0v) is 13.9. The van der Waals surface area contributed by atoms with Crippen LogP contribution >= 0.6 is 0 Å². The Hall–Kier alpha value is -1.47. The number of nitrogens with one attached hydrogen (secondary N) is 1. The van der Waals surface area contributed by atoms with Crippen LogP contribution in [0.2, 0.25) is 0 Å². The second-order valence-electron chi connectivity index (χ2n) is 4.71. The van der Waals surface area contributed by atoms with E-state index in [1.807, 2.05) is 0 Å². The van der Waals surface area contributed by atoms with Gasteiger partial charge >= 0.3 is 0 Å². The first kappa shape index (κ1) is 17.6. The van der Waals surface area contributed by atoms with Gasteiger partial charge in [-0.25, -0.2) is 8.42 Å². The standard InChI is InChI=1S/C14H23NO5S/c1-15-11(6-7-21(5,16)17)10-8-13(19-3)14(20-4)9-12(10)18-2/h8-9,11,15H,6-7H2,1-5H3. The molecule has 0 radical (unpaired) electrons. The second-order valence-corrected chi connectivity index (χ2v) is 6.97. The predicted molar refractivity (Wildman–Crippen MR) is 82.2 cm³/mol. The van der Waals surface area contributed by atoms with E-state index >= 15 is 0 Å². The molecule has 0 saturated heterocycles. The van der Waals surface area contributed by atoms with Gasteiger partial charge in [0.15, 0.2) is 11.5 Å². The molecule has 6 nitrogen and oxygen atoms in total. The lowest BCUT2D eigenvalue weighted by atomic mass is 10.0. The topological polar surface area (TPSA) is 73.9 Å². The van der Waals surface area contributed by atoms with E-state index in [0.29, 0.717) is 23.7 Å². The molecule has 0 spiro atoms. The quantitative estimate of drug-likeness (QED) is 0.781. The van der Waals surface area contributed by atoms with Gasteiger partial charge in [0.2, 0.25) is 0 Å². The average Bonchev–Trinajstić information content (AvgIpc) is 2.45. The Kier molecular flexibility index (Phi) is 6.29. The van der Waals surface area contributed by atoms with E-state index in [4.69, 9.17) is 14.2 Å². The Morgan fingerprint density at radius 1 is 1.05 bits per heavy atom.